The zero-order valence-corrected chi connectivity index (χ0v) is 14.5. The maximum absolute atomic E-state index is 10.8. The van der Waals surface area contributed by atoms with Gasteiger partial charge in [0.25, 0.3) is 0 Å². The lowest BCUT2D eigenvalue weighted by Gasteiger charge is -2.60. The molecule has 2 aliphatic carbocycles. The van der Waals surface area contributed by atoms with Crippen LogP contribution in [0.25, 0.3) is 0 Å². The summed E-state index contributed by atoms with van der Waals surface area (Å²) >= 11 is 0. The third-order valence-corrected chi connectivity index (χ3v) is 7.21. The van der Waals surface area contributed by atoms with Crippen LogP contribution in [-0.4, -0.2) is 23.4 Å². The van der Waals surface area contributed by atoms with Gasteiger partial charge in [0.1, 0.15) is 5.60 Å². The van der Waals surface area contributed by atoms with E-state index in [2.05, 4.69) is 33.9 Å². The molecule has 1 aliphatic heterocycles. The van der Waals surface area contributed by atoms with E-state index in [1.807, 2.05) is 6.08 Å². The van der Waals surface area contributed by atoms with Crippen molar-refractivity contribution >= 4 is 0 Å². The van der Waals surface area contributed by atoms with E-state index in [0.29, 0.717) is 17.3 Å². The summed E-state index contributed by atoms with van der Waals surface area (Å²) in [5.74, 6) is 1.02. The largest absolute Gasteiger partial charge is 0.390 e. The first-order valence-electron chi connectivity index (χ1n) is 8.88. The van der Waals surface area contributed by atoms with Gasteiger partial charge in [0.05, 0.1) is 12.7 Å². The molecule has 0 amide bonds. The Morgan fingerprint density at radius 3 is 2.59 bits per heavy atom. The lowest BCUT2D eigenvalue weighted by molar-refractivity contribution is -0.154. The molecule has 5 atom stereocenters. The maximum atomic E-state index is 10.8. The van der Waals surface area contributed by atoms with Gasteiger partial charge in [0.15, 0.2) is 0 Å². The van der Waals surface area contributed by atoms with Gasteiger partial charge in [-0.1, -0.05) is 52.0 Å². The minimum Gasteiger partial charge on any atom is -0.390 e. The summed E-state index contributed by atoms with van der Waals surface area (Å²) in [5.41, 5.74) is 1.43. The molecule has 1 N–H and O–H groups in total. The molecule has 3 aliphatic rings. The molecular formula is C20H32O2. The van der Waals surface area contributed by atoms with E-state index in [9.17, 15) is 5.11 Å². The first-order valence-corrected chi connectivity index (χ1v) is 8.88. The van der Waals surface area contributed by atoms with E-state index >= 15 is 0 Å². The highest BCUT2D eigenvalue weighted by atomic mass is 16.6. The van der Waals surface area contributed by atoms with Crippen molar-refractivity contribution in [2.75, 3.05) is 6.61 Å². The van der Waals surface area contributed by atoms with Gasteiger partial charge in [0, 0.05) is 0 Å². The topological polar surface area (TPSA) is 32.8 Å². The fourth-order valence-electron chi connectivity index (χ4n) is 5.87. The second kappa shape index (κ2) is 5.21. The van der Waals surface area contributed by atoms with Crippen LogP contribution in [-0.2, 0) is 4.74 Å². The van der Waals surface area contributed by atoms with Gasteiger partial charge in [-0.2, -0.15) is 0 Å². The minimum absolute atomic E-state index is 0.264. The van der Waals surface area contributed by atoms with Crippen molar-refractivity contribution in [3.05, 3.63) is 24.8 Å². The summed E-state index contributed by atoms with van der Waals surface area (Å²) in [6.45, 7) is 15.9. The third kappa shape index (κ3) is 2.30. The van der Waals surface area contributed by atoms with Crippen LogP contribution >= 0.6 is 0 Å². The number of epoxide rings is 1. The zero-order chi connectivity index (χ0) is 16.2. The Morgan fingerprint density at radius 1 is 1.32 bits per heavy atom. The number of ether oxygens (including phenoxy) is 1. The summed E-state index contributed by atoms with van der Waals surface area (Å²) < 4.78 is 5.90. The number of hydrogen-bond acceptors (Lipinski definition) is 2. The van der Waals surface area contributed by atoms with E-state index in [0.717, 1.165) is 31.4 Å². The summed E-state index contributed by atoms with van der Waals surface area (Å²) in [5, 5.41) is 10.8. The van der Waals surface area contributed by atoms with Crippen LogP contribution in [0.1, 0.15) is 59.3 Å². The summed E-state index contributed by atoms with van der Waals surface area (Å²) in [6.07, 6.45) is 8.34. The molecule has 22 heavy (non-hydrogen) atoms. The highest BCUT2D eigenvalue weighted by Crippen LogP contribution is 2.66. The van der Waals surface area contributed by atoms with Crippen molar-refractivity contribution in [3.63, 3.8) is 0 Å². The molecule has 0 unspecified atom stereocenters. The summed E-state index contributed by atoms with van der Waals surface area (Å²) in [7, 11) is 0. The molecule has 2 saturated carbocycles. The molecule has 0 bridgehead atoms. The Morgan fingerprint density at radius 2 is 2.00 bits per heavy atom. The van der Waals surface area contributed by atoms with Crippen LogP contribution in [0.2, 0.25) is 0 Å². The number of allylic oxidation sites excluding steroid dienone is 2. The van der Waals surface area contributed by atoms with E-state index in [4.69, 9.17) is 4.74 Å². The Hall–Kier alpha value is -0.600. The molecule has 2 nitrogen and oxygen atoms in total. The second-order valence-corrected chi connectivity index (χ2v) is 8.85. The number of aliphatic hydroxyl groups excluding tert-OH is 1. The average molecular weight is 304 g/mol. The molecule has 0 aromatic carbocycles. The van der Waals surface area contributed by atoms with Crippen LogP contribution in [0.15, 0.2) is 24.8 Å². The summed E-state index contributed by atoms with van der Waals surface area (Å²) in [6, 6.07) is 0. The lowest BCUT2D eigenvalue weighted by Crippen LogP contribution is -2.59. The quantitative estimate of drug-likeness (QED) is 0.613. The van der Waals surface area contributed by atoms with Gasteiger partial charge in [-0.25, -0.2) is 0 Å². The van der Waals surface area contributed by atoms with Crippen molar-refractivity contribution in [2.24, 2.45) is 22.7 Å². The van der Waals surface area contributed by atoms with E-state index in [-0.39, 0.29) is 17.1 Å². The number of rotatable bonds is 4. The molecule has 124 valence electrons. The molecule has 3 rings (SSSR count). The van der Waals surface area contributed by atoms with Crippen LogP contribution in [0.4, 0.5) is 0 Å². The van der Waals surface area contributed by atoms with Crippen molar-refractivity contribution in [3.8, 4) is 0 Å². The highest BCUT2D eigenvalue weighted by Gasteiger charge is 2.68. The minimum atomic E-state index is -0.301. The lowest BCUT2D eigenvalue weighted by atomic mass is 9.45. The molecule has 1 saturated heterocycles. The molecule has 0 radical (unpaired) electrons. The Kier molecular flexibility index (Phi) is 3.85. The third-order valence-electron chi connectivity index (χ3n) is 7.21. The van der Waals surface area contributed by atoms with Gasteiger partial charge >= 0.3 is 0 Å². The fraction of sp³-hybridized carbons (Fsp3) is 0.800. The smallest absolute Gasteiger partial charge is 0.121 e. The predicted octanol–water partition coefficient (Wildman–Crippen LogP) is 4.49. The zero-order valence-electron chi connectivity index (χ0n) is 14.5. The first kappa shape index (κ1) is 16.3. The number of hydrogen-bond donors (Lipinski definition) is 1. The SMILES string of the molecule is C=CC(=C)CC[C@@H]1[C@@]2(C)CCCC(C)(C)[C@@H]2C[C@H](O)[C@@]12CO2. The van der Waals surface area contributed by atoms with Gasteiger partial charge in [-0.3, -0.25) is 0 Å². The van der Waals surface area contributed by atoms with Crippen molar-refractivity contribution in [1.82, 2.24) is 0 Å². The van der Waals surface area contributed by atoms with Crippen molar-refractivity contribution in [1.29, 1.82) is 0 Å². The molecule has 2 heteroatoms. The van der Waals surface area contributed by atoms with Gasteiger partial charge < -0.3 is 9.84 Å². The Bertz CT molecular complexity index is 474. The standard InChI is InChI=1S/C20H32O2/c1-6-14(2)8-9-15-19(5)11-7-10-18(3,4)16(19)12-17(21)20(15)13-22-20/h6,15-17,21H,1-2,7-13H2,3-5H3/t15-,16+,17+,19-,20-/m1/s1. The summed E-state index contributed by atoms with van der Waals surface area (Å²) in [4.78, 5) is 0. The molecule has 1 heterocycles. The van der Waals surface area contributed by atoms with Gasteiger partial charge in [-0.15, -0.1) is 0 Å². The highest BCUT2D eigenvalue weighted by molar-refractivity contribution is 5.19. The molecule has 0 aromatic heterocycles. The maximum Gasteiger partial charge on any atom is 0.121 e. The molecule has 3 fully saturated rings. The number of fused-ring (bicyclic) bond motifs is 1. The van der Waals surface area contributed by atoms with Crippen molar-refractivity contribution in [2.45, 2.75) is 71.0 Å². The van der Waals surface area contributed by atoms with Crippen molar-refractivity contribution < 1.29 is 9.84 Å². The van der Waals surface area contributed by atoms with Gasteiger partial charge in [-0.05, 0) is 54.8 Å². The van der Waals surface area contributed by atoms with Gasteiger partial charge in [0.2, 0.25) is 0 Å². The van der Waals surface area contributed by atoms with Crippen LogP contribution in [0, 0.1) is 22.7 Å². The van der Waals surface area contributed by atoms with Crippen LogP contribution in [0.5, 0.6) is 0 Å². The Labute approximate surface area is 135 Å². The van der Waals surface area contributed by atoms with E-state index in [1.54, 1.807) is 0 Å². The number of aliphatic hydroxyl groups is 1. The monoisotopic (exact) mass is 304 g/mol. The van der Waals surface area contributed by atoms with Crippen LogP contribution < -0.4 is 0 Å². The average Bonchev–Trinajstić information content (AvgIpc) is 3.22. The predicted molar refractivity (Wildman–Crippen MR) is 90.6 cm³/mol. The normalized spacial score (nSPS) is 46.1. The molecule has 1 spiro atoms. The van der Waals surface area contributed by atoms with E-state index < -0.39 is 0 Å². The Balaban J connectivity index is 1.91. The molecular weight excluding hydrogens is 272 g/mol. The fourth-order valence-corrected chi connectivity index (χ4v) is 5.87. The second-order valence-electron chi connectivity index (χ2n) is 8.85. The van der Waals surface area contributed by atoms with Crippen LogP contribution in [0.3, 0.4) is 0 Å². The first-order chi connectivity index (χ1) is 10.3. The molecule has 0 aromatic rings. The van der Waals surface area contributed by atoms with E-state index in [1.165, 1.54) is 19.3 Å².